The fourth-order valence-corrected chi connectivity index (χ4v) is 0.944. The SMILES string of the molecule is NC(=O)CCCc1occc1O. The highest BCUT2D eigenvalue weighted by atomic mass is 16.4. The molecular formula is C8H11NO3. The maximum absolute atomic E-state index is 10.3. The lowest BCUT2D eigenvalue weighted by Crippen LogP contribution is -2.09. The lowest BCUT2D eigenvalue weighted by Gasteiger charge is -1.95. The minimum atomic E-state index is -0.332. The Morgan fingerprint density at radius 3 is 2.92 bits per heavy atom. The Balaban J connectivity index is 2.33. The third-order valence-electron chi connectivity index (χ3n) is 1.55. The Labute approximate surface area is 70.0 Å². The molecule has 0 spiro atoms. The summed E-state index contributed by atoms with van der Waals surface area (Å²) in [6.07, 6.45) is 2.88. The fraction of sp³-hybridized carbons (Fsp3) is 0.375. The first-order valence-electron chi connectivity index (χ1n) is 3.74. The number of carbonyl (C=O) groups excluding carboxylic acids is 1. The van der Waals surface area contributed by atoms with Crippen molar-refractivity contribution >= 4 is 5.91 Å². The molecule has 0 bridgehead atoms. The van der Waals surface area contributed by atoms with Crippen molar-refractivity contribution in [3.8, 4) is 5.75 Å². The number of furan rings is 1. The average Bonchev–Trinajstić information content (AvgIpc) is 2.36. The zero-order valence-corrected chi connectivity index (χ0v) is 6.62. The summed E-state index contributed by atoms with van der Waals surface area (Å²) in [7, 11) is 0. The van der Waals surface area contributed by atoms with E-state index in [2.05, 4.69) is 0 Å². The van der Waals surface area contributed by atoms with Gasteiger partial charge in [0.2, 0.25) is 5.91 Å². The lowest BCUT2D eigenvalue weighted by atomic mass is 10.2. The summed E-state index contributed by atoms with van der Waals surface area (Å²) in [6, 6.07) is 1.47. The van der Waals surface area contributed by atoms with Gasteiger partial charge in [0.15, 0.2) is 5.75 Å². The summed E-state index contributed by atoms with van der Waals surface area (Å²) < 4.78 is 4.94. The molecule has 0 radical (unpaired) electrons. The number of hydrogen-bond donors (Lipinski definition) is 2. The summed E-state index contributed by atoms with van der Waals surface area (Å²) in [5, 5.41) is 9.11. The second-order valence-electron chi connectivity index (χ2n) is 2.55. The van der Waals surface area contributed by atoms with Gasteiger partial charge in [-0.1, -0.05) is 0 Å². The molecule has 3 N–H and O–H groups in total. The molecule has 0 aliphatic heterocycles. The van der Waals surface area contributed by atoms with E-state index >= 15 is 0 Å². The molecule has 66 valence electrons. The molecule has 1 aromatic rings. The standard InChI is InChI=1S/C8H11NO3/c9-8(11)3-1-2-7-6(10)4-5-12-7/h4-5,10H,1-3H2,(H2,9,11). The van der Waals surface area contributed by atoms with Crippen LogP contribution in [-0.4, -0.2) is 11.0 Å². The predicted molar refractivity (Wildman–Crippen MR) is 42.5 cm³/mol. The fourth-order valence-electron chi connectivity index (χ4n) is 0.944. The van der Waals surface area contributed by atoms with Gasteiger partial charge in [-0.25, -0.2) is 0 Å². The van der Waals surface area contributed by atoms with Gasteiger partial charge >= 0.3 is 0 Å². The van der Waals surface area contributed by atoms with Crippen molar-refractivity contribution < 1.29 is 14.3 Å². The second kappa shape index (κ2) is 3.80. The monoisotopic (exact) mass is 169 g/mol. The Morgan fingerprint density at radius 2 is 2.42 bits per heavy atom. The minimum absolute atomic E-state index is 0.138. The van der Waals surface area contributed by atoms with E-state index in [1.165, 1.54) is 12.3 Å². The number of amides is 1. The molecule has 1 rings (SSSR count). The van der Waals surface area contributed by atoms with Gasteiger partial charge in [0.1, 0.15) is 5.76 Å². The van der Waals surface area contributed by atoms with Gasteiger partial charge in [0.25, 0.3) is 0 Å². The van der Waals surface area contributed by atoms with Crippen LogP contribution in [0.5, 0.6) is 5.75 Å². The van der Waals surface area contributed by atoms with E-state index in [9.17, 15) is 4.79 Å². The maximum atomic E-state index is 10.3. The van der Waals surface area contributed by atoms with Crippen LogP contribution in [0.2, 0.25) is 0 Å². The van der Waals surface area contributed by atoms with E-state index in [0.29, 0.717) is 25.0 Å². The van der Waals surface area contributed by atoms with Crippen LogP contribution in [0, 0.1) is 0 Å². The zero-order valence-electron chi connectivity index (χ0n) is 6.62. The summed E-state index contributed by atoms with van der Waals surface area (Å²) in [5.74, 6) is 0.316. The summed E-state index contributed by atoms with van der Waals surface area (Å²) >= 11 is 0. The summed E-state index contributed by atoms with van der Waals surface area (Å²) in [5.41, 5.74) is 4.94. The van der Waals surface area contributed by atoms with Crippen LogP contribution in [0.4, 0.5) is 0 Å². The topological polar surface area (TPSA) is 76.5 Å². The second-order valence-corrected chi connectivity index (χ2v) is 2.55. The van der Waals surface area contributed by atoms with E-state index < -0.39 is 0 Å². The summed E-state index contributed by atoms with van der Waals surface area (Å²) in [6.45, 7) is 0. The molecule has 0 saturated carbocycles. The highest BCUT2D eigenvalue weighted by molar-refractivity contribution is 5.73. The number of carbonyl (C=O) groups is 1. The molecule has 0 atom stereocenters. The van der Waals surface area contributed by atoms with E-state index in [1.807, 2.05) is 0 Å². The highest BCUT2D eigenvalue weighted by Crippen LogP contribution is 2.19. The van der Waals surface area contributed by atoms with Crippen LogP contribution in [0.1, 0.15) is 18.6 Å². The van der Waals surface area contributed by atoms with Gasteiger partial charge in [-0.2, -0.15) is 0 Å². The molecule has 4 nitrogen and oxygen atoms in total. The quantitative estimate of drug-likeness (QED) is 0.699. The molecule has 0 aromatic carbocycles. The third kappa shape index (κ3) is 2.30. The number of aryl methyl sites for hydroxylation is 1. The Bertz CT molecular complexity index is 267. The van der Waals surface area contributed by atoms with Crippen molar-refractivity contribution in [2.45, 2.75) is 19.3 Å². The average molecular weight is 169 g/mol. The molecule has 0 saturated heterocycles. The van der Waals surface area contributed by atoms with Gasteiger partial charge in [-0.3, -0.25) is 4.79 Å². The normalized spacial score (nSPS) is 10.0. The van der Waals surface area contributed by atoms with Crippen LogP contribution in [0.15, 0.2) is 16.7 Å². The first kappa shape index (κ1) is 8.64. The van der Waals surface area contributed by atoms with Crippen molar-refractivity contribution in [3.63, 3.8) is 0 Å². The number of hydrogen-bond acceptors (Lipinski definition) is 3. The number of primary amides is 1. The molecule has 12 heavy (non-hydrogen) atoms. The molecule has 0 aliphatic rings. The van der Waals surface area contributed by atoms with Crippen molar-refractivity contribution in [1.29, 1.82) is 0 Å². The van der Waals surface area contributed by atoms with E-state index in [4.69, 9.17) is 15.3 Å². The lowest BCUT2D eigenvalue weighted by molar-refractivity contribution is -0.118. The van der Waals surface area contributed by atoms with E-state index in [-0.39, 0.29) is 11.7 Å². The minimum Gasteiger partial charge on any atom is -0.504 e. The molecule has 0 fully saturated rings. The number of nitrogens with two attached hydrogens (primary N) is 1. The van der Waals surface area contributed by atoms with Crippen molar-refractivity contribution in [3.05, 3.63) is 18.1 Å². The third-order valence-corrected chi connectivity index (χ3v) is 1.55. The van der Waals surface area contributed by atoms with Gasteiger partial charge in [-0.05, 0) is 6.42 Å². The van der Waals surface area contributed by atoms with Crippen molar-refractivity contribution in [1.82, 2.24) is 0 Å². The number of aromatic hydroxyl groups is 1. The van der Waals surface area contributed by atoms with Crippen molar-refractivity contribution in [2.24, 2.45) is 5.73 Å². The Kier molecular flexibility index (Phi) is 2.74. The molecule has 4 heteroatoms. The van der Waals surface area contributed by atoms with Gasteiger partial charge in [0.05, 0.1) is 6.26 Å². The van der Waals surface area contributed by atoms with Crippen LogP contribution in [0.25, 0.3) is 0 Å². The van der Waals surface area contributed by atoms with Crippen LogP contribution >= 0.6 is 0 Å². The largest absolute Gasteiger partial charge is 0.504 e. The Morgan fingerprint density at radius 1 is 1.67 bits per heavy atom. The van der Waals surface area contributed by atoms with Crippen LogP contribution in [0.3, 0.4) is 0 Å². The molecule has 1 amide bonds. The van der Waals surface area contributed by atoms with Crippen LogP contribution < -0.4 is 5.73 Å². The highest BCUT2D eigenvalue weighted by Gasteiger charge is 2.04. The zero-order chi connectivity index (χ0) is 8.97. The smallest absolute Gasteiger partial charge is 0.217 e. The predicted octanol–water partition coefficient (Wildman–Crippen LogP) is 0.793. The number of rotatable bonds is 4. The molecule has 1 aromatic heterocycles. The van der Waals surface area contributed by atoms with Gasteiger partial charge in [-0.15, -0.1) is 0 Å². The van der Waals surface area contributed by atoms with Crippen molar-refractivity contribution in [2.75, 3.05) is 0 Å². The van der Waals surface area contributed by atoms with Gasteiger partial charge in [0, 0.05) is 18.9 Å². The molecule has 1 heterocycles. The molecule has 0 unspecified atom stereocenters. The molecule has 0 aliphatic carbocycles. The van der Waals surface area contributed by atoms with Gasteiger partial charge < -0.3 is 15.3 Å². The first-order valence-corrected chi connectivity index (χ1v) is 3.74. The van der Waals surface area contributed by atoms with E-state index in [1.54, 1.807) is 0 Å². The molecular weight excluding hydrogens is 158 g/mol. The summed E-state index contributed by atoms with van der Waals surface area (Å²) in [4.78, 5) is 10.3. The first-order chi connectivity index (χ1) is 5.70. The Hall–Kier alpha value is -1.45. The maximum Gasteiger partial charge on any atom is 0.217 e. The van der Waals surface area contributed by atoms with E-state index in [0.717, 1.165) is 0 Å². The van der Waals surface area contributed by atoms with Crippen LogP contribution in [-0.2, 0) is 11.2 Å².